The van der Waals surface area contributed by atoms with Gasteiger partial charge in [0.05, 0.1) is 64.1 Å². The molecule has 0 aliphatic carbocycles. The molecule has 0 unspecified atom stereocenters. The Balaban J connectivity index is 0.000000174. The van der Waals surface area contributed by atoms with Crippen LogP contribution >= 0.6 is 0 Å². The lowest BCUT2D eigenvalue weighted by Crippen LogP contribution is -2.50. The maximum absolute atomic E-state index is 12.7. The van der Waals surface area contributed by atoms with E-state index in [0.717, 1.165) is 33.7 Å². The lowest BCUT2D eigenvalue weighted by atomic mass is 10.2. The van der Waals surface area contributed by atoms with Crippen LogP contribution in [0.2, 0.25) is 0 Å². The number of nitrogens with zero attached hydrogens (tertiary/aromatic N) is 8. The molecule has 0 saturated carbocycles. The highest BCUT2D eigenvalue weighted by Gasteiger charge is 2.25. The molecule has 16 heteroatoms. The van der Waals surface area contributed by atoms with E-state index in [1.165, 1.54) is 13.2 Å². The van der Waals surface area contributed by atoms with Crippen molar-refractivity contribution in [1.82, 2.24) is 29.7 Å². The summed E-state index contributed by atoms with van der Waals surface area (Å²) >= 11 is 0. The van der Waals surface area contributed by atoms with Crippen molar-refractivity contribution in [3.05, 3.63) is 121 Å². The van der Waals surface area contributed by atoms with Gasteiger partial charge in [0.1, 0.15) is 11.6 Å². The summed E-state index contributed by atoms with van der Waals surface area (Å²) in [5.41, 5.74) is 4.53. The molecule has 16 nitrogen and oxygen atoms in total. The number of amides is 4. The predicted molar refractivity (Wildman–Crippen MR) is 216 cm³/mol. The molecule has 0 atom stereocenters. The van der Waals surface area contributed by atoms with Crippen LogP contribution in [0.15, 0.2) is 109 Å². The Morgan fingerprint density at radius 3 is 1.37 bits per heavy atom. The highest BCUT2D eigenvalue weighted by atomic mass is 16.5. The number of methoxy groups -OCH3 is 1. The highest BCUT2D eigenvalue weighted by molar-refractivity contribution is 6.01. The topological polar surface area (TPSA) is 186 Å². The molecule has 2 fully saturated rings. The minimum Gasteiger partial charge on any atom is -0.478 e. The first-order valence-electron chi connectivity index (χ1n) is 18.3. The molecule has 8 rings (SSSR count). The largest absolute Gasteiger partial charge is 0.478 e. The fourth-order valence-corrected chi connectivity index (χ4v) is 6.52. The summed E-state index contributed by atoms with van der Waals surface area (Å²) in [6.07, 6.45) is 3.52. The number of carbonyl (C=O) groups is 4. The number of para-hydroxylation sites is 6. The van der Waals surface area contributed by atoms with Crippen LogP contribution in [-0.2, 0) is 4.74 Å². The zero-order chi connectivity index (χ0) is 39.7. The van der Waals surface area contributed by atoms with E-state index in [1.54, 1.807) is 64.7 Å². The molecule has 3 N–H and O–H groups in total. The summed E-state index contributed by atoms with van der Waals surface area (Å²) in [5.74, 6) is 0.0333. The third-order valence-electron chi connectivity index (χ3n) is 9.63. The van der Waals surface area contributed by atoms with E-state index in [1.807, 2.05) is 48.5 Å². The molecule has 6 aromatic rings. The molecule has 57 heavy (non-hydrogen) atoms. The Hall–Kier alpha value is -7.36. The number of nitrogens with one attached hydrogen (secondary N) is 2. The summed E-state index contributed by atoms with van der Waals surface area (Å²) in [6, 6.07) is 28.1. The van der Waals surface area contributed by atoms with E-state index in [2.05, 4.69) is 40.4 Å². The van der Waals surface area contributed by atoms with Gasteiger partial charge in [-0.1, -0.05) is 48.5 Å². The lowest BCUT2D eigenvalue weighted by molar-refractivity contribution is 0.0601. The van der Waals surface area contributed by atoms with Crippen molar-refractivity contribution in [3.8, 4) is 0 Å². The maximum Gasteiger partial charge on any atom is 0.339 e. The molecule has 4 aromatic carbocycles. The Labute approximate surface area is 327 Å². The van der Waals surface area contributed by atoms with Gasteiger partial charge in [-0.15, -0.1) is 0 Å². The number of hydrogen-bond acceptors (Lipinski definition) is 11. The second-order valence-electron chi connectivity index (χ2n) is 13.1. The first kappa shape index (κ1) is 37.9. The van der Waals surface area contributed by atoms with E-state index in [0.29, 0.717) is 69.3 Å². The zero-order valence-corrected chi connectivity index (χ0v) is 31.1. The van der Waals surface area contributed by atoms with Crippen molar-refractivity contribution in [2.24, 2.45) is 0 Å². The fourth-order valence-electron chi connectivity index (χ4n) is 6.52. The molecule has 0 bridgehead atoms. The van der Waals surface area contributed by atoms with E-state index >= 15 is 0 Å². The van der Waals surface area contributed by atoms with Crippen LogP contribution in [0.25, 0.3) is 22.1 Å². The average Bonchev–Trinajstić information content (AvgIpc) is 3.26. The molecular weight excluding hydrogens is 729 g/mol. The number of carboxylic acids is 1. The number of anilines is 4. The number of aromatic carboxylic acids is 1. The van der Waals surface area contributed by atoms with Crippen LogP contribution in [-0.4, -0.2) is 118 Å². The van der Waals surface area contributed by atoms with Gasteiger partial charge >= 0.3 is 24.0 Å². The normalized spacial score (nSPS) is 14.1. The first-order chi connectivity index (χ1) is 27.8. The molecule has 290 valence electrons. The van der Waals surface area contributed by atoms with Gasteiger partial charge in [0.15, 0.2) is 0 Å². The number of aromatic nitrogens is 4. The highest BCUT2D eigenvalue weighted by Crippen LogP contribution is 2.21. The third kappa shape index (κ3) is 8.96. The average molecular weight is 769 g/mol. The molecule has 2 aliphatic heterocycles. The van der Waals surface area contributed by atoms with Gasteiger partial charge < -0.3 is 40.1 Å². The Bertz CT molecular complexity index is 2410. The van der Waals surface area contributed by atoms with Crippen LogP contribution in [0.4, 0.5) is 32.6 Å². The van der Waals surface area contributed by atoms with E-state index < -0.39 is 11.9 Å². The smallest absolute Gasteiger partial charge is 0.339 e. The quantitative estimate of drug-likeness (QED) is 0.182. The molecule has 2 saturated heterocycles. The van der Waals surface area contributed by atoms with Gasteiger partial charge in [-0.3, -0.25) is 9.97 Å². The molecule has 0 spiro atoms. The van der Waals surface area contributed by atoms with Crippen molar-refractivity contribution < 1.29 is 29.0 Å². The fraction of sp³-hybridized carbons (Fsp3) is 0.220. The monoisotopic (exact) mass is 768 g/mol. The first-order valence-corrected chi connectivity index (χ1v) is 18.3. The zero-order valence-electron chi connectivity index (χ0n) is 31.1. The number of fused-ring (bicyclic) bond motifs is 2. The molecule has 4 heterocycles. The number of carbonyl (C=O) groups excluding carboxylic acids is 3. The van der Waals surface area contributed by atoms with Gasteiger partial charge in [-0.25, -0.2) is 29.1 Å². The Kier molecular flexibility index (Phi) is 11.6. The lowest BCUT2D eigenvalue weighted by Gasteiger charge is -2.35. The van der Waals surface area contributed by atoms with Gasteiger partial charge in [-0.05, 0) is 48.5 Å². The van der Waals surface area contributed by atoms with Crippen molar-refractivity contribution in [2.75, 3.05) is 79.9 Å². The van der Waals surface area contributed by atoms with Crippen LogP contribution in [0.1, 0.15) is 20.7 Å². The van der Waals surface area contributed by atoms with Crippen molar-refractivity contribution >= 4 is 69.1 Å². The number of urea groups is 2. The summed E-state index contributed by atoms with van der Waals surface area (Å²) in [6.45, 7) is 4.66. The molecule has 0 radical (unpaired) electrons. The van der Waals surface area contributed by atoms with Gasteiger partial charge in [0.2, 0.25) is 0 Å². The molecule has 2 aliphatic rings. The number of piperazine rings is 2. The standard InChI is InChI=1S/C21H21N5O3.C20H19N5O3/c1-29-20(27)15-6-2-3-7-16(15)24-21(28)26-12-10-25(11-13-26)19-14-22-17-8-4-5-9-18(17)23-19;26-19(27)14-5-1-2-6-15(14)23-20(28)25-11-9-24(10-12-25)18-13-21-16-7-3-4-8-17(16)22-18/h2-9,14H,10-13H2,1H3,(H,24,28);1-8,13H,9-12H2,(H,23,28)(H,26,27). The second-order valence-corrected chi connectivity index (χ2v) is 13.1. The van der Waals surface area contributed by atoms with E-state index in [9.17, 15) is 24.3 Å². The van der Waals surface area contributed by atoms with Crippen molar-refractivity contribution in [1.29, 1.82) is 0 Å². The van der Waals surface area contributed by atoms with Gasteiger partial charge in [0, 0.05) is 52.4 Å². The number of benzene rings is 4. The molecular formula is C41H40N10O6. The van der Waals surface area contributed by atoms with Crippen LogP contribution in [0.5, 0.6) is 0 Å². The minimum atomic E-state index is -1.07. The third-order valence-corrected chi connectivity index (χ3v) is 9.63. The summed E-state index contributed by atoms with van der Waals surface area (Å²) < 4.78 is 4.77. The Morgan fingerprint density at radius 1 is 0.544 bits per heavy atom. The van der Waals surface area contributed by atoms with E-state index in [-0.39, 0.29) is 17.6 Å². The van der Waals surface area contributed by atoms with Crippen LogP contribution < -0.4 is 20.4 Å². The molecule has 2 aromatic heterocycles. The minimum absolute atomic E-state index is 0.0703. The number of rotatable bonds is 6. The Morgan fingerprint density at radius 2 is 0.930 bits per heavy atom. The number of ether oxygens (including phenoxy) is 1. The van der Waals surface area contributed by atoms with Crippen molar-refractivity contribution in [2.45, 2.75) is 0 Å². The molecule has 4 amide bonds. The van der Waals surface area contributed by atoms with Gasteiger partial charge in [0.25, 0.3) is 0 Å². The number of hydrogen-bond donors (Lipinski definition) is 3. The van der Waals surface area contributed by atoms with Crippen LogP contribution in [0.3, 0.4) is 0 Å². The number of carboxylic acid groups (broad SMARTS) is 1. The number of esters is 1. The summed E-state index contributed by atoms with van der Waals surface area (Å²) in [5, 5.41) is 14.8. The van der Waals surface area contributed by atoms with Gasteiger partial charge in [-0.2, -0.15) is 0 Å². The van der Waals surface area contributed by atoms with E-state index in [4.69, 9.17) is 4.74 Å². The SMILES string of the molecule is COC(=O)c1ccccc1NC(=O)N1CCN(c2cnc3ccccc3n2)CC1.O=C(O)c1ccccc1NC(=O)N1CCN(c2cnc3ccccc3n2)CC1. The summed E-state index contributed by atoms with van der Waals surface area (Å²) in [4.78, 5) is 74.2. The summed E-state index contributed by atoms with van der Waals surface area (Å²) in [7, 11) is 1.32. The second kappa shape index (κ2) is 17.4. The maximum atomic E-state index is 12.7. The van der Waals surface area contributed by atoms with Crippen molar-refractivity contribution in [3.63, 3.8) is 0 Å². The predicted octanol–water partition coefficient (Wildman–Crippen LogP) is 5.45. The van der Waals surface area contributed by atoms with Crippen LogP contribution in [0, 0.1) is 0 Å².